The van der Waals surface area contributed by atoms with Crippen LogP contribution in [-0.2, 0) is 6.61 Å². The predicted octanol–water partition coefficient (Wildman–Crippen LogP) is 4.61. The summed E-state index contributed by atoms with van der Waals surface area (Å²) in [6.07, 6.45) is 0. The van der Waals surface area contributed by atoms with Gasteiger partial charge >= 0.3 is 0 Å². The second kappa shape index (κ2) is 5.48. The highest BCUT2D eigenvalue weighted by molar-refractivity contribution is 9.10. The van der Waals surface area contributed by atoms with Crippen LogP contribution >= 0.6 is 15.9 Å². The molecule has 0 spiro atoms. The van der Waals surface area contributed by atoms with Crippen molar-refractivity contribution in [3.8, 4) is 5.75 Å². The molecule has 0 aromatic heterocycles. The van der Waals surface area contributed by atoms with Gasteiger partial charge in [-0.05, 0) is 48.4 Å². The van der Waals surface area contributed by atoms with Gasteiger partial charge in [0.25, 0.3) is 0 Å². The maximum Gasteiger partial charge on any atom is 0.126 e. The summed E-state index contributed by atoms with van der Waals surface area (Å²) in [6.45, 7) is 2.05. The molecular weight excluding hydrogens is 302 g/mol. The summed E-state index contributed by atoms with van der Waals surface area (Å²) in [5.74, 6) is -0.495. The van der Waals surface area contributed by atoms with E-state index in [0.717, 1.165) is 16.1 Å². The molecule has 94 valence electrons. The molecule has 0 atom stereocenters. The molecule has 0 bridgehead atoms. The second-order valence-electron chi connectivity index (χ2n) is 3.98. The average molecular weight is 313 g/mol. The quantitative estimate of drug-likeness (QED) is 0.804. The summed E-state index contributed by atoms with van der Waals surface area (Å²) in [5.41, 5.74) is 1.43. The van der Waals surface area contributed by atoms with E-state index in [9.17, 15) is 8.78 Å². The van der Waals surface area contributed by atoms with Crippen LogP contribution in [0.4, 0.5) is 8.78 Å². The molecule has 0 heterocycles. The van der Waals surface area contributed by atoms with Crippen LogP contribution in [0, 0.1) is 18.6 Å². The number of ether oxygens (including phenoxy) is 1. The normalized spacial score (nSPS) is 10.4. The van der Waals surface area contributed by atoms with Gasteiger partial charge in [0.15, 0.2) is 0 Å². The molecule has 2 aromatic rings. The highest BCUT2D eigenvalue weighted by Gasteiger charge is 2.04. The van der Waals surface area contributed by atoms with E-state index in [0.29, 0.717) is 11.3 Å². The predicted molar refractivity (Wildman–Crippen MR) is 69.6 cm³/mol. The van der Waals surface area contributed by atoms with E-state index >= 15 is 0 Å². The summed E-state index contributed by atoms with van der Waals surface area (Å²) in [7, 11) is 0. The van der Waals surface area contributed by atoms with Gasteiger partial charge in [0.05, 0.1) is 0 Å². The van der Waals surface area contributed by atoms with Crippen molar-refractivity contribution in [2.24, 2.45) is 0 Å². The molecule has 0 N–H and O–H groups in total. The third kappa shape index (κ3) is 3.29. The van der Waals surface area contributed by atoms with Crippen molar-refractivity contribution in [2.75, 3.05) is 0 Å². The number of halogens is 3. The molecule has 0 aliphatic carbocycles. The Hall–Kier alpha value is -1.42. The summed E-state index contributed by atoms with van der Waals surface area (Å²) in [4.78, 5) is 0. The van der Waals surface area contributed by atoms with E-state index < -0.39 is 11.6 Å². The molecule has 0 saturated heterocycles. The van der Waals surface area contributed by atoms with Crippen molar-refractivity contribution in [3.63, 3.8) is 0 Å². The van der Waals surface area contributed by atoms with Crippen LogP contribution in [0.5, 0.6) is 5.75 Å². The molecule has 0 amide bonds. The topological polar surface area (TPSA) is 9.23 Å². The lowest BCUT2D eigenvalue weighted by molar-refractivity contribution is 0.302. The minimum atomic E-state index is -0.596. The van der Waals surface area contributed by atoms with Crippen LogP contribution in [0.3, 0.4) is 0 Å². The van der Waals surface area contributed by atoms with Crippen molar-refractivity contribution in [1.82, 2.24) is 0 Å². The van der Waals surface area contributed by atoms with Crippen molar-refractivity contribution in [1.29, 1.82) is 0 Å². The molecule has 0 saturated carbocycles. The van der Waals surface area contributed by atoms with Gasteiger partial charge in [-0.2, -0.15) is 0 Å². The van der Waals surface area contributed by atoms with E-state index in [4.69, 9.17) is 4.74 Å². The van der Waals surface area contributed by atoms with Gasteiger partial charge in [0, 0.05) is 10.5 Å². The Labute approximate surface area is 113 Å². The van der Waals surface area contributed by atoms with Gasteiger partial charge in [0.1, 0.15) is 24.0 Å². The zero-order valence-corrected chi connectivity index (χ0v) is 11.3. The maximum atomic E-state index is 13.0. The van der Waals surface area contributed by atoms with Crippen molar-refractivity contribution >= 4 is 15.9 Å². The van der Waals surface area contributed by atoms with E-state index in [1.54, 1.807) is 0 Å². The first-order valence-electron chi connectivity index (χ1n) is 5.38. The number of hydrogen-bond donors (Lipinski definition) is 0. The molecule has 18 heavy (non-hydrogen) atoms. The van der Waals surface area contributed by atoms with Gasteiger partial charge < -0.3 is 4.74 Å². The molecule has 2 rings (SSSR count). The van der Waals surface area contributed by atoms with E-state index in [-0.39, 0.29) is 6.61 Å². The van der Waals surface area contributed by atoms with Crippen LogP contribution in [0.15, 0.2) is 40.9 Å². The van der Waals surface area contributed by atoms with E-state index in [1.165, 1.54) is 12.1 Å². The lowest BCUT2D eigenvalue weighted by Gasteiger charge is -2.09. The van der Waals surface area contributed by atoms with Gasteiger partial charge in [0.2, 0.25) is 0 Å². The molecule has 0 radical (unpaired) electrons. The molecule has 0 unspecified atom stereocenters. The Bertz CT molecular complexity index is 549. The molecule has 0 aliphatic rings. The van der Waals surface area contributed by atoms with Gasteiger partial charge in [-0.3, -0.25) is 0 Å². The van der Waals surface area contributed by atoms with Gasteiger partial charge in [-0.15, -0.1) is 0 Å². The first-order chi connectivity index (χ1) is 8.54. The van der Waals surface area contributed by atoms with Gasteiger partial charge in [-0.1, -0.05) is 15.9 Å². The van der Waals surface area contributed by atoms with Crippen LogP contribution in [0.2, 0.25) is 0 Å². The Kier molecular flexibility index (Phi) is 3.97. The maximum absolute atomic E-state index is 13.0. The van der Waals surface area contributed by atoms with Crippen LogP contribution in [-0.4, -0.2) is 0 Å². The van der Waals surface area contributed by atoms with Crippen LogP contribution in [0.1, 0.15) is 11.1 Å². The fraction of sp³-hybridized carbons (Fsp3) is 0.143. The van der Waals surface area contributed by atoms with E-state index in [1.807, 2.05) is 25.1 Å². The van der Waals surface area contributed by atoms with E-state index in [2.05, 4.69) is 15.9 Å². The summed E-state index contributed by atoms with van der Waals surface area (Å²) >= 11 is 3.36. The SMILES string of the molecule is Cc1cc(Br)ccc1OCc1cc(F)cc(F)c1. The molecule has 4 heteroatoms. The number of hydrogen-bond acceptors (Lipinski definition) is 1. The highest BCUT2D eigenvalue weighted by atomic mass is 79.9. The van der Waals surface area contributed by atoms with Crippen LogP contribution < -0.4 is 4.74 Å². The van der Waals surface area contributed by atoms with Crippen LogP contribution in [0.25, 0.3) is 0 Å². The standard InChI is InChI=1S/C14H11BrF2O/c1-9-4-11(15)2-3-14(9)18-8-10-5-12(16)7-13(17)6-10/h2-7H,8H2,1H3. The first-order valence-corrected chi connectivity index (χ1v) is 6.18. The second-order valence-corrected chi connectivity index (χ2v) is 4.89. The largest absolute Gasteiger partial charge is 0.489 e. The molecule has 2 aromatic carbocycles. The Balaban J connectivity index is 2.11. The average Bonchev–Trinajstić information content (AvgIpc) is 2.26. The number of aryl methyl sites for hydroxylation is 1. The number of benzene rings is 2. The molecule has 1 nitrogen and oxygen atoms in total. The highest BCUT2D eigenvalue weighted by Crippen LogP contribution is 2.23. The van der Waals surface area contributed by atoms with Gasteiger partial charge in [-0.25, -0.2) is 8.78 Å². The fourth-order valence-corrected chi connectivity index (χ4v) is 2.11. The molecular formula is C14H11BrF2O. The minimum Gasteiger partial charge on any atom is -0.489 e. The lowest BCUT2D eigenvalue weighted by Crippen LogP contribution is -1.98. The van der Waals surface area contributed by atoms with Crippen molar-refractivity contribution in [2.45, 2.75) is 13.5 Å². The third-order valence-corrected chi connectivity index (χ3v) is 2.95. The summed E-state index contributed by atoms with van der Waals surface area (Å²) in [5, 5.41) is 0. The Morgan fingerprint density at radius 1 is 1.06 bits per heavy atom. The smallest absolute Gasteiger partial charge is 0.126 e. The minimum absolute atomic E-state index is 0.136. The third-order valence-electron chi connectivity index (χ3n) is 2.45. The van der Waals surface area contributed by atoms with Crippen molar-refractivity contribution in [3.05, 3.63) is 63.6 Å². The zero-order valence-electron chi connectivity index (χ0n) is 9.71. The molecule has 0 fully saturated rings. The van der Waals surface area contributed by atoms with Crippen molar-refractivity contribution < 1.29 is 13.5 Å². The Morgan fingerprint density at radius 2 is 1.72 bits per heavy atom. The zero-order chi connectivity index (χ0) is 13.1. The summed E-state index contributed by atoms with van der Waals surface area (Å²) < 4.78 is 32.5. The monoisotopic (exact) mass is 312 g/mol. The Morgan fingerprint density at radius 3 is 2.33 bits per heavy atom. The fourth-order valence-electron chi connectivity index (χ4n) is 1.63. The lowest BCUT2D eigenvalue weighted by atomic mass is 10.2. The first kappa shape index (κ1) is 13.0. The number of rotatable bonds is 3. The molecule has 0 aliphatic heterocycles. The summed E-state index contributed by atoms with van der Waals surface area (Å²) in [6, 6.07) is 8.95.